The summed E-state index contributed by atoms with van der Waals surface area (Å²) in [7, 11) is 0. The number of aromatic amines is 1. The Morgan fingerprint density at radius 1 is 1.16 bits per heavy atom. The molecule has 0 radical (unpaired) electrons. The molecule has 1 atom stereocenters. The standard InChI is InChI=1S/C19H25FN4O/c20-17-5-3-15(4-6-17)19-16(12-21-22-19)13-23-7-1-2-18(14-23)24-8-10-25-11-9-24/h3-6,12,18H,1-2,7-11,13-14H2,(H,21,22)/t18-/m1/s1. The van der Waals surface area contributed by atoms with Crippen LogP contribution in [0.3, 0.4) is 0 Å². The van der Waals surface area contributed by atoms with Gasteiger partial charge in [-0.2, -0.15) is 5.10 Å². The minimum Gasteiger partial charge on any atom is -0.379 e. The van der Waals surface area contributed by atoms with Gasteiger partial charge in [-0.25, -0.2) is 4.39 Å². The fourth-order valence-electron chi connectivity index (χ4n) is 3.95. The van der Waals surface area contributed by atoms with E-state index in [9.17, 15) is 4.39 Å². The number of rotatable bonds is 4. The molecule has 2 aliphatic heterocycles. The molecule has 2 aliphatic rings. The SMILES string of the molecule is Fc1ccc(-c2[nH]ncc2CN2CCC[C@@H](N3CCOCC3)C2)cc1. The first-order chi connectivity index (χ1) is 12.3. The minimum atomic E-state index is -0.214. The third-order valence-electron chi connectivity index (χ3n) is 5.29. The topological polar surface area (TPSA) is 44.4 Å². The normalized spacial score (nSPS) is 23.0. The van der Waals surface area contributed by atoms with Gasteiger partial charge in [0.1, 0.15) is 5.82 Å². The molecule has 0 saturated carbocycles. The van der Waals surface area contributed by atoms with Gasteiger partial charge in [0, 0.05) is 43.3 Å². The molecule has 2 fully saturated rings. The Balaban J connectivity index is 1.43. The molecule has 4 rings (SSSR count). The molecule has 0 aliphatic carbocycles. The lowest BCUT2D eigenvalue weighted by molar-refractivity contribution is -0.00356. The van der Waals surface area contributed by atoms with Crippen molar-refractivity contribution in [2.75, 3.05) is 39.4 Å². The molecule has 134 valence electrons. The number of aromatic nitrogens is 2. The Morgan fingerprint density at radius 3 is 2.76 bits per heavy atom. The molecule has 1 N–H and O–H groups in total. The first kappa shape index (κ1) is 16.7. The summed E-state index contributed by atoms with van der Waals surface area (Å²) in [6, 6.07) is 7.22. The molecule has 1 aromatic carbocycles. The molecular formula is C19H25FN4O. The van der Waals surface area contributed by atoms with Crippen molar-refractivity contribution in [1.29, 1.82) is 0 Å². The Kier molecular flexibility index (Phi) is 5.10. The highest BCUT2D eigenvalue weighted by Crippen LogP contribution is 2.25. The summed E-state index contributed by atoms with van der Waals surface area (Å²) in [4.78, 5) is 5.09. The molecular weight excluding hydrogens is 319 g/mol. The van der Waals surface area contributed by atoms with Crippen LogP contribution in [0.25, 0.3) is 11.3 Å². The predicted octanol–water partition coefficient (Wildman–Crippen LogP) is 2.51. The maximum absolute atomic E-state index is 13.2. The van der Waals surface area contributed by atoms with Crippen molar-refractivity contribution >= 4 is 0 Å². The maximum Gasteiger partial charge on any atom is 0.123 e. The Hall–Kier alpha value is -1.76. The molecule has 2 aromatic rings. The van der Waals surface area contributed by atoms with E-state index in [1.807, 2.05) is 6.20 Å². The molecule has 0 unspecified atom stereocenters. The van der Waals surface area contributed by atoms with E-state index in [-0.39, 0.29) is 5.82 Å². The van der Waals surface area contributed by atoms with Gasteiger partial charge in [0.05, 0.1) is 25.1 Å². The lowest BCUT2D eigenvalue weighted by Gasteiger charge is -2.40. The van der Waals surface area contributed by atoms with Gasteiger partial charge in [0.2, 0.25) is 0 Å². The largest absolute Gasteiger partial charge is 0.379 e. The van der Waals surface area contributed by atoms with Crippen LogP contribution in [-0.4, -0.2) is 65.4 Å². The van der Waals surface area contributed by atoms with Crippen LogP contribution in [-0.2, 0) is 11.3 Å². The van der Waals surface area contributed by atoms with E-state index in [0.717, 1.165) is 57.2 Å². The van der Waals surface area contributed by atoms with Crippen LogP contribution in [0.2, 0.25) is 0 Å². The second-order valence-electron chi connectivity index (χ2n) is 6.96. The van der Waals surface area contributed by atoms with Gasteiger partial charge < -0.3 is 4.74 Å². The van der Waals surface area contributed by atoms with E-state index in [1.165, 1.54) is 30.5 Å². The summed E-state index contributed by atoms with van der Waals surface area (Å²) in [5.41, 5.74) is 3.15. The van der Waals surface area contributed by atoms with Crippen molar-refractivity contribution in [2.24, 2.45) is 0 Å². The summed E-state index contributed by atoms with van der Waals surface area (Å²) in [6.07, 6.45) is 4.40. The molecule has 1 aromatic heterocycles. The van der Waals surface area contributed by atoms with Crippen LogP contribution >= 0.6 is 0 Å². The molecule has 5 nitrogen and oxygen atoms in total. The number of nitrogens with one attached hydrogen (secondary N) is 1. The number of likely N-dealkylation sites (tertiary alicyclic amines) is 1. The Morgan fingerprint density at radius 2 is 1.96 bits per heavy atom. The zero-order valence-electron chi connectivity index (χ0n) is 14.5. The van der Waals surface area contributed by atoms with E-state index in [4.69, 9.17) is 4.74 Å². The molecule has 3 heterocycles. The minimum absolute atomic E-state index is 0.214. The molecule has 25 heavy (non-hydrogen) atoms. The highest BCUT2D eigenvalue weighted by atomic mass is 19.1. The Bertz CT molecular complexity index is 681. The van der Waals surface area contributed by atoms with E-state index < -0.39 is 0 Å². The lowest BCUT2D eigenvalue weighted by Crippen LogP contribution is -2.51. The van der Waals surface area contributed by atoms with E-state index in [1.54, 1.807) is 12.1 Å². The van der Waals surface area contributed by atoms with Gasteiger partial charge in [-0.3, -0.25) is 14.9 Å². The van der Waals surface area contributed by atoms with Gasteiger partial charge >= 0.3 is 0 Å². The third kappa shape index (κ3) is 3.92. The van der Waals surface area contributed by atoms with Crippen LogP contribution in [0.5, 0.6) is 0 Å². The number of morpholine rings is 1. The van der Waals surface area contributed by atoms with Gasteiger partial charge in [0.25, 0.3) is 0 Å². The first-order valence-electron chi connectivity index (χ1n) is 9.12. The van der Waals surface area contributed by atoms with Crippen LogP contribution < -0.4 is 0 Å². The summed E-state index contributed by atoms with van der Waals surface area (Å²) in [5, 5.41) is 7.30. The second-order valence-corrected chi connectivity index (χ2v) is 6.96. The summed E-state index contributed by atoms with van der Waals surface area (Å²) < 4.78 is 18.7. The zero-order chi connectivity index (χ0) is 17.1. The number of hydrogen-bond donors (Lipinski definition) is 1. The van der Waals surface area contributed by atoms with Gasteiger partial charge in [0.15, 0.2) is 0 Å². The number of hydrogen-bond acceptors (Lipinski definition) is 4. The quantitative estimate of drug-likeness (QED) is 0.926. The van der Waals surface area contributed by atoms with E-state index >= 15 is 0 Å². The smallest absolute Gasteiger partial charge is 0.123 e. The number of benzene rings is 1. The van der Waals surface area contributed by atoms with Gasteiger partial charge in [-0.15, -0.1) is 0 Å². The lowest BCUT2D eigenvalue weighted by atomic mass is 10.0. The average Bonchev–Trinajstić information content (AvgIpc) is 3.11. The van der Waals surface area contributed by atoms with E-state index in [0.29, 0.717) is 6.04 Å². The van der Waals surface area contributed by atoms with Crippen molar-refractivity contribution < 1.29 is 9.13 Å². The van der Waals surface area contributed by atoms with Crippen molar-refractivity contribution in [3.63, 3.8) is 0 Å². The van der Waals surface area contributed by atoms with Gasteiger partial charge in [-0.1, -0.05) is 0 Å². The van der Waals surface area contributed by atoms with Crippen LogP contribution in [0.4, 0.5) is 4.39 Å². The monoisotopic (exact) mass is 344 g/mol. The number of halogens is 1. The van der Waals surface area contributed by atoms with Crippen molar-refractivity contribution in [2.45, 2.75) is 25.4 Å². The average molecular weight is 344 g/mol. The number of piperidine rings is 1. The number of H-pyrrole nitrogens is 1. The first-order valence-corrected chi connectivity index (χ1v) is 9.12. The fraction of sp³-hybridized carbons (Fsp3) is 0.526. The Labute approximate surface area is 147 Å². The van der Waals surface area contributed by atoms with Crippen molar-refractivity contribution in [3.05, 3.63) is 41.8 Å². The van der Waals surface area contributed by atoms with Crippen molar-refractivity contribution in [1.82, 2.24) is 20.0 Å². The molecule has 0 spiro atoms. The molecule has 0 amide bonds. The summed E-state index contributed by atoms with van der Waals surface area (Å²) >= 11 is 0. The molecule has 0 bridgehead atoms. The maximum atomic E-state index is 13.2. The van der Waals surface area contributed by atoms with Gasteiger partial charge in [-0.05, 0) is 43.7 Å². The van der Waals surface area contributed by atoms with Crippen LogP contribution in [0.1, 0.15) is 18.4 Å². The number of ether oxygens (including phenoxy) is 1. The number of nitrogens with zero attached hydrogens (tertiary/aromatic N) is 3. The summed E-state index contributed by atoms with van der Waals surface area (Å²) in [5.74, 6) is -0.214. The highest BCUT2D eigenvalue weighted by molar-refractivity contribution is 5.62. The molecule has 6 heteroatoms. The van der Waals surface area contributed by atoms with Crippen LogP contribution in [0.15, 0.2) is 30.5 Å². The predicted molar refractivity (Wildman–Crippen MR) is 94.7 cm³/mol. The third-order valence-corrected chi connectivity index (χ3v) is 5.29. The summed E-state index contributed by atoms with van der Waals surface area (Å²) in [6.45, 7) is 6.89. The zero-order valence-corrected chi connectivity index (χ0v) is 14.5. The highest BCUT2D eigenvalue weighted by Gasteiger charge is 2.27. The van der Waals surface area contributed by atoms with Crippen LogP contribution in [0, 0.1) is 5.82 Å². The fourth-order valence-corrected chi connectivity index (χ4v) is 3.95. The van der Waals surface area contributed by atoms with E-state index in [2.05, 4.69) is 20.0 Å². The van der Waals surface area contributed by atoms with Crippen molar-refractivity contribution in [3.8, 4) is 11.3 Å². The second kappa shape index (κ2) is 7.64. The molecule has 2 saturated heterocycles.